The fourth-order valence-corrected chi connectivity index (χ4v) is 1.58. The minimum absolute atomic E-state index is 0.700. The van der Waals surface area contributed by atoms with Crippen molar-refractivity contribution < 1.29 is 0 Å². The van der Waals surface area contributed by atoms with E-state index in [2.05, 4.69) is 39.0 Å². The lowest BCUT2D eigenvalue weighted by Gasteiger charge is -2.08. The normalized spacial score (nSPS) is 10.8. The van der Waals surface area contributed by atoms with E-state index in [4.69, 9.17) is 5.73 Å². The van der Waals surface area contributed by atoms with E-state index in [1.165, 1.54) is 11.1 Å². The molecule has 0 fully saturated rings. The molecular weight excluding hydrogens is 158 g/mol. The van der Waals surface area contributed by atoms with Crippen LogP contribution in [0.4, 0.5) is 5.69 Å². The molecule has 0 aromatic heterocycles. The Labute approximate surface area is 81.0 Å². The number of anilines is 1. The molecular formula is C12H19N. The van der Waals surface area contributed by atoms with Crippen molar-refractivity contribution in [2.24, 2.45) is 5.92 Å². The van der Waals surface area contributed by atoms with Gasteiger partial charge in [0.15, 0.2) is 0 Å². The van der Waals surface area contributed by atoms with Gasteiger partial charge in [-0.05, 0) is 42.0 Å². The van der Waals surface area contributed by atoms with Crippen molar-refractivity contribution >= 4 is 5.69 Å². The summed E-state index contributed by atoms with van der Waals surface area (Å²) >= 11 is 0. The first-order valence-electron chi connectivity index (χ1n) is 5.00. The highest BCUT2D eigenvalue weighted by Crippen LogP contribution is 2.15. The Morgan fingerprint density at radius 3 is 2.31 bits per heavy atom. The van der Waals surface area contributed by atoms with Crippen molar-refractivity contribution in [2.45, 2.75) is 33.6 Å². The zero-order chi connectivity index (χ0) is 9.84. The van der Waals surface area contributed by atoms with E-state index in [-0.39, 0.29) is 0 Å². The monoisotopic (exact) mass is 177 g/mol. The van der Waals surface area contributed by atoms with Gasteiger partial charge in [-0.15, -0.1) is 0 Å². The molecule has 13 heavy (non-hydrogen) atoms. The number of rotatable bonds is 3. The maximum Gasteiger partial charge on any atom is 0.0319 e. The molecule has 0 spiro atoms. The van der Waals surface area contributed by atoms with Crippen LogP contribution < -0.4 is 5.73 Å². The maximum atomic E-state index is 5.81. The molecule has 0 bridgehead atoms. The molecule has 2 N–H and O–H groups in total. The van der Waals surface area contributed by atoms with Crippen LogP contribution in [0.3, 0.4) is 0 Å². The van der Waals surface area contributed by atoms with Gasteiger partial charge in [-0.1, -0.05) is 26.8 Å². The van der Waals surface area contributed by atoms with E-state index in [1.54, 1.807) is 0 Å². The third kappa shape index (κ3) is 3.10. The summed E-state index contributed by atoms with van der Waals surface area (Å²) in [5, 5.41) is 0. The average Bonchev–Trinajstić information content (AvgIpc) is 2.01. The van der Waals surface area contributed by atoms with Crippen LogP contribution in [0, 0.1) is 5.92 Å². The first-order valence-corrected chi connectivity index (χ1v) is 5.00. The van der Waals surface area contributed by atoms with Crippen molar-refractivity contribution in [2.75, 3.05) is 5.73 Å². The van der Waals surface area contributed by atoms with Crippen molar-refractivity contribution in [3.8, 4) is 0 Å². The van der Waals surface area contributed by atoms with Gasteiger partial charge in [0, 0.05) is 5.69 Å². The molecule has 0 heterocycles. The van der Waals surface area contributed by atoms with Crippen molar-refractivity contribution in [3.63, 3.8) is 0 Å². The lowest BCUT2D eigenvalue weighted by atomic mass is 9.99. The van der Waals surface area contributed by atoms with Crippen LogP contribution in [0.15, 0.2) is 18.2 Å². The summed E-state index contributed by atoms with van der Waals surface area (Å²) in [7, 11) is 0. The second kappa shape index (κ2) is 4.31. The largest absolute Gasteiger partial charge is 0.399 e. The Balaban J connectivity index is 2.88. The molecule has 1 rings (SSSR count). The Bertz CT molecular complexity index is 276. The third-order valence-electron chi connectivity index (χ3n) is 2.13. The van der Waals surface area contributed by atoms with Gasteiger partial charge in [0.2, 0.25) is 0 Å². The van der Waals surface area contributed by atoms with E-state index in [0.717, 1.165) is 18.5 Å². The number of hydrogen-bond donors (Lipinski definition) is 1. The van der Waals surface area contributed by atoms with Crippen LogP contribution in [-0.4, -0.2) is 0 Å². The molecule has 0 atom stereocenters. The smallest absolute Gasteiger partial charge is 0.0319 e. The first kappa shape index (κ1) is 10.1. The molecule has 1 nitrogen and oxygen atoms in total. The van der Waals surface area contributed by atoms with Gasteiger partial charge in [-0.2, -0.15) is 0 Å². The summed E-state index contributed by atoms with van der Waals surface area (Å²) < 4.78 is 0. The highest BCUT2D eigenvalue weighted by atomic mass is 14.5. The predicted molar refractivity (Wildman–Crippen MR) is 58.8 cm³/mol. The number of benzene rings is 1. The van der Waals surface area contributed by atoms with Crippen molar-refractivity contribution in [3.05, 3.63) is 29.3 Å². The fourth-order valence-electron chi connectivity index (χ4n) is 1.58. The van der Waals surface area contributed by atoms with Crippen LogP contribution in [-0.2, 0) is 12.8 Å². The van der Waals surface area contributed by atoms with E-state index < -0.39 is 0 Å². The third-order valence-corrected chi connectivity index (χ3v) is 2.13. The Kier molecular flexibility index (Phi) is 3.35. The average molecular weight is 177 g/mol. The zero-order valence-electron chi connectivity index (χ0n) is 8.80. The zero-order valence-corrected chi connectivity index (χ0v) is 8.80. The number of nitrogen functional groups attached to an aromatic ring is 1. The van der Waals surface area contributed by atoms with E-state index in [9.17, 15) is 0 Å². The number of nitrogens with two attached hydrogens (primary N) is 1. The van der Waals surface area contributed by atoms with E-state index in [0.29, 0.717) is 5.92 Å². The van der Waals surface area contributed by atoms with Crippen molar-refractivity contribution in [1.82, 2.24) is 0 Å². The summed E-state index contributed by atoms with van der Waals surface area (Å²) in [5.74, 6) is 0.700. The number of hydrogen-bond acceptors (Lipinski definition) is 1. The van der Waals surface area contributed by atoms with Crippen LogP contribution in [0.2, 0.25) is 0 Å². The summed E-state index contributed by atoms with van der Waals surface area (Å²) in [5.41, 5.74) is 9.42. The molecule has 1 aromatic rings. The standard InChI is InChI=1S/C12H19N/c1-4-10-6-11(5-9(2)3)8-12(13)7-10/h6-9H,4-5,13H2,1-3H3. The topological polar surface area (TPSA) is 26.0 Å². The summed E-state index contributed by atoms with van der Waals surface area (Å²) in [6.07, 6.45) is 2.19. The van der Waals surface area contributed by atoms with Gasteiger partial charge in [0.05, 0.1) is 0 Å². The van der Waals surface area contributed by atoms with Crippen LogP contribution in [0.25, 0.3) is 0 Å². The maximum absolute atomic E-state index is 5.81. The summed E-state index contributed by atoms with van der Waals surface area (Å²) in [4.78, 5) is 0. The molecule has 0 aliphatic rings. The van der Waals surface area contributed by atoms with Gasteiger partial charge >= 0.3 is 0 Å². The molecule has 0 radical (unpaired) electrons. The fraction of sp³-hybridized carbons (Fsp3) is 0.500. The van der Waals surface area contributed by atoms with Gasteiger partial charge in [-0.25, -0.2) is 0 Å². The summed E-state index contributed by atoms with van der Waals surface area (Å²) in [6.45, 7) is 6.62. The van der Waals surface area contributed by atoms with Crippen LogP contribution in [0.5, 0.6) is 0 Å². The molecule has 1 heteroatoms. The minimum Gasteiger partial charge on any atom is -0.399 e. The van der Waals surface area contributed by atoms with Gasteiger partial charge in [0.1, 0.15) is 0 Å². The predicted octanol–water partition coefficient (Wildman–Crippen LogP) is 3.03. The number of aryl methyl sites for hydroxylation is 1. The molecule has 1 aromatic carbocycles. The van der Waals surface area contributed by atoms with Crippen LogP contribution in [0.1, 0.15) is 31.9 Å². The van der Waals surface area contributed by atoms with Gasteiger partial charge in [0.25, 0.3) is 0 Å². The molecule has 0 amide bonds. The second-order valence-electron chi connectivity index (χ2n) is 4.03. The van der Waals surface area contributed by atoms with Crippen molar-refractivity contribution in [1.29, 1.82) is 0 Å². The Hall–Kier alpha value is -0.980. The molecule has 0 saturated carbocycles. The Morgan fingerprint density at radius 2 is 1.77 bits per heavy atom. The lowest BCUT2D eigenvalue weighted by Crippen LogP contribution is -1.97. The SMILES string of the molecule is CCc1cc(N)cc(CC(C)C)c1. The van der Waals surface area contributed by atoms with Gasteiger partial charge < -0.3 is 5.73 Å². The second-order valence-corrected chi connectivity index (χ2v) is 4.03. The minimum atomic E-state index is 0.700. The molecule has 72 valence electrons. The first-order chi connectivity index (χ1) is 6.11. The quantitative estimate of drug-likeness (QED) is 0.706. The molecule has 0 unspecified atom stereocenters. The lowest BCUT2D eigenvalue weighted by molar-refractivity contribution is 0.647. The summed E-state index contributed by atoms with van der Waals surface area (Å²) in [6, 6.07) is 6.40. The van der Waals surface area contributed by atoms with Gasteiger partial charge in [-0.3, -0.25) is 0 Å². The highest BCUT2D eigenvalue weighted by Gasteiger charge is 2.00. The molecule has 0 aliphatic carbocycles. The van der Waals surface area contributed by atoms with E-state index >= 15 is 0 Å². The molecule has 0 aliphatic heterocycles. The van der Waals surface area contributed by atoms with E-state index in [1.807, 2.05) is 0 Å². The molecule has 0 saturated heterocycles. The highest BCUT2D eigenvalue weighted by molar-refractivity contribution is 5.44. The van der Waals surface area contributed by atoms with Crippen LogP contribution >= 0.6 is 0 Å². The Morgan fingerprint density at radius 1 is 1.15 bits per heavy atom.